The van der Waals surface area contributed by atoms with Crippen LogP contribution in [0.3, 0.4) is 0 Å². The maximum atomic E-state index is 13.4. The molecule has 1 heterocycles. The van der Waals surface area contributed by atoms with Crippen LogP contribution in [0.2, 0.25) is 0 Å². The molecule has 0 saturated carbocycles. The monoisotopic (exact) mass is 586 g/mol. The maximum Gasteiger partial charge on any atom is 0.312 e. The fourth-order valence-electron chi connectivity index (χ4n) is 4.30. The minimum absolute atomic E-state index is 0.138. The van der Waals surface area contributed by atoms with Crippen molar-refractivity contribution in [3.8, 4) is 0 Å². The number of nitrogens with one attached hydrogen (secondary N) is 4. The highest BCUT2D eigenvalue weighted by Crippen LogP contribution is 2.14. The number of carbonyl (C=O) groups excluding carboxylic acids is 6. The van der Waals surface area contributed by atoms with Gasteiger partial charge < -0.3 is 32.1 Å². The lowest BCUT2D eigenvalue weighted by Crippen LogP contribution is -2.55. The van der Waals surface area contributed by atoms with Crippen LogP contribution in [0.5, 0.6) is 0 Å². The summed E-state index contributed by atoms with van der Waals surface area (Å²) in [6, 6.07) is 4.07. The van der Waals surface area contributed by atoms with Crippen LogP contribution in [0.25, 0.3) is 0 Å². The number of unbranched alkanes of at least 4 members (excludes halogenated alkanes) is 2. The van der Waals surface area contributed by atoms with Gasteiger partial charge in [0, 0.05) is 37.3 Å². The van der Waals surface area contributed by atoms with Crippen molar-refractivity contribution in [3.05, 3.63) is 42.0 Å². The standard InChI is InChI=1S/C29H42N6O7/c1-3-19(2)26(34-23(37)9-5-4-6-17-35-24(38)14-15-25(35)39)28(41)33-22(8-7-16-31-29(30)42)27(40)32-21-12-10-20(18-36)11-13-21/h10-15,19,22,26,36H,3-9,16-18H2,1-2H3,(H,32,40)(H,33,41)(H,34,37)(H3,30,31,42)/t19?,22-,26-/m0/s1. The number of aliphatic hydroxyl groups excluding tert-OH is 1. The summed E-state index contributed by atoms with van der Waals surface area (Å²) in [6.45, 7) is 4.08. The van der Waals surface area contributed by atoms with E-state index in [1.54, 1.807) is 24.3 Å². The Morgan fingerprint density at radius 2 is 1.60 bits per heavy atom. The van der Waals surface area contributed by atoms with E-state index in [0.29, 0.717) is 43.4 Å². The fraction of sp³-hybridized carbons (Fsp3) is 0.517. The van der Waals surface area contributed by atoms with Crippen LogP contribution in [0.1, 0.15) is 64.4 Å². The second-order valence-corrected chi connectivity index (χ2v) is 10.2. The molecular formula is C29H42N6O7. The fourth-order valence-corrected chi connectivity index (χ4v) is 4.30. The molecule has 1 aliphatic rings. The average Bonchev–Trinajstić information content (AvgIpc) is 3.29. The lowest BCUT2D eigenvalue weighted by Gasteiger charge is -2.26. The molecule has 0 aliphatic carbocycles. The lowest BCUT2D eigenvalue weighted by atomic mass is 9.97. The van der Waals surface area contributed by atoms with Crippen molar-refractivity contribution < 1.29 is 33.9 Å². The van der Waals surface area contributed by atoms with Gasteiger partial charge in [0.15, 0.2) is 0 Å². The van der Waals surface area contributed by atoms with E-state index in [9.17, 15) is 33.9 Å². The van der Waals surface area contributed by atoms with Crippen molar-refractivity contribution in [1.82, 2.24) is 20.9 Å². The van der Waals surface area contributed by atoms with Crippen LogP contribution >= 0.6 is 0 Å². The number of carbonyl (C=O) groups is 6. The number of nitrogens with zero attached hydrogens (tertiary/aromatic N) is 1. The van der Waals surface area contributed by atoms with Crippen LogP contribution in [0.15, 0.2) is 36.4 Å². The molecule has 3 atom stereocenters. The third-order valence-corrected chi connectivity index (χ3v) is 7.00. The molecule has 230 valence electrons. The van der Waals surface area contributed by atoms with Gasteiger partial charge in [-0.1, -0.05) is 38.8 Å². The number of amides is 7. The molecule has 0 aromatic heterocycles. The zero-order valence-corrected chi connectivity index (χ0v) is 24.2. The van der Waals surface area contributed by atoms with Crippen LogP contribution < -0.4 is 27.0 Å². The summed E-state index contributed by atoms with van der Waals surface area (Å²) in [5, 5.41) is 20.0. The number of urea groups is 1. The number of hydrogen-bond donors (Lipinski definition) is 6. The quantitative estimate of drug-likeness (QED) is 0.109. The summed E-state index contributed by atoms with van der Waals surface area (Å²) < 4.78 is 0. The summed E-state index contributed by atoms with van der Waals surface area (Å²) >= 11 is 0. The number of aliphatic hydroxyl groups is 1. The van der Waals surface area contributed by atoms with E-state index >= 15 is 0 Å². The first-order valence-corrected chi connectivity index (χ1v) is 14.2. The van der Waals surface area contributed by atoms with E-state index < -0.39 is 29.9 Å². The molecule has 13 nitrogen and oxygen atoms in total. The number of rotatable bonds is 18. The normalized spacial score (nSPS) is 14.7. The second-order valence-electron chi connectivity index (χ2n) is 10.2. The summed E-state index contributed by atoms with van der Waals surface area (Å²) in [6.07, 6.45) is 5.47. The first-order chi connectivity index (χ1) is 20.0. The molecule has 13 heteroatoms. The molecule has 0 saturated heterocycles. The number of nitrogens with two attached hydrogens (primary N) is 1. The third-order valence-electron chi connectivity index (χ3n) is 7.00. The molecular weight excluding hydrogens is 544 g/mol. The Kier molecular flexibility index (Phi) is 14.2. The maximum absolute atomic E-state index is 13.4. The highest BCUT2D eigenvalue weighted by Gasteiger charge is 2.30. The molecule has 1 aliphatic heterocycles. The highest BCUT2D eigenvalue weighted by atomic mass is 16.3. The summed E-state index contributed by atoms with van der Waals surface area (Å²) in [7, 11) is 0. The Bertz CT molecular complexity index is 1120. The summed E-state index contributed by atoms with van der Waals surface area (Å²) in [4.78, 5) is 74.6. The molecule has 42 heavy (non-hydrogen) atoms. The molecule has 2 rings (SSSR count). The van der Waals surface area contributed by atoms with Crippen LogP contribution in [0.4, 0.5) is 10.5 Å². The first-order valence-electron chi connectivity index (χ1n) is 14.2. The molecule has 0 radical (unpaired) electrons. The first kappa shape index (κ1) is 33.9. The summed E-state index contributed by atoms with van der Waals surface area (Å²) in [5.41, 5.74) is 6.27. The Labute approximate surface area is 245 Å². The Morgan fingerprint density at radius 3 is 2.19 bits per heavy atom. The van der Waals surface area contributed by atoms with Crippen LogP contribution in [-0.2, 0) is 30.6 Å². The number of hydrogen-bond acceptors (Lipinski definition) is 7. The van der Waals surface area contributed by atoms with Gasteiger partial charge in [0.05, 0.1) is 6.61 Å². The third kappa shape index (κ3) is 11.3. The van der Waals surface area contributed by atoms with E-state index in [1.165, 1.54) is 12.2 Å². The molecule has 0 spiro atoms. The van der Waals surface area contributed by atoms with E-state index in [2.05, 4.69) is 21.3 Å². The van der Waals surface area contributed by atoms with Gasteiger partial charge >= 0.3 is 6.03 Å². The van der Waals surface area contributed by atoms with Crippen LogP contribution in [-0.4, -0.2) is 70.7 Å². The van der Waals surface area contributed by atoms with E-state index in [4.69, 9.17) is 5.73 Å². The zero-order valence-electron chi connectivity index (χ0n) is 24.2. The smallest absolute Gasteiger partial charge is 0.312 e. The molecule has 0 fully saturated rings. The molecule has 1 aromatic rings. The van der Waals surface area contributed by atoms with Crippen molar-refractivity contribution in [2.24, 2.45) is 11.7 Å². The van der Waals surface area contributed by atoms with Gasteiger partial charge in [-0.2, -0.15) is 0 Å². The minimum atomic E-state index is -0.960. The zero-order chi connectivity index (χ0) is 31.1. The van der Waals surface area contributed by atoms with Crippen molar-refractivity contribution in [1.29, 1.82) is 0 Å². The van der Waals surface area contributed by atoms with Gasteiger partial charge in [-0.3, -0.25) is 28.9 Å². The number of imide groups is 1. The molecule has 7 N–H and O–H groups in total. The SMILES string of the molecule is CCC(C)[C@H](NC(=O)CCCCCN1C(=O)C=CC1=O)C(=O)N[C@@H](CCCNC(N)=O)C(=O)Nc1ccc(CO)cc1. The minimum Gasteiger partial charge on any atom is -0.392 e. The van der Waals surface area contributed by atoms with Gasteiger partial charge in [0.1, 0.15) is 12.1 Å². The highest BCUT2D eigenvalue weighted by molar-refractivity contribution is 6.12. The van der Waals surface area contributed by atoms with E-state index in [0.717, 1.165) is 4.90 Å². The number of anilines is 1. The Morgan fingerprint density at radius 1 is 0.929 bits per heavy atom. The lowest BCUT2D eigenvalue weighted by molar-refractivity contribution is -0.137. The van der Waals surface area contributed by atoms with Gasteiger partial charge in [-0.15, -0.1) is 0 Å². The van der Waals surface area contributed by atoms with Crippen molar-refractivity contribution in [2.45, 2.75) is 77.5 Å². The molecule has 7 amide bonds. The number of primary amides is 1. The molecule has 0 bridgehead atoms. The number of benzene rings is 1. The second kappa shape index (κ2) is 17.5. The average molecular weight is 587 g/mol. The summed E-state index contributed by atoms with van der Waals surface area (Å²) in [5.74, 6) is -2.19. The Balaban J connectivity index is 1.96. The predicted molar refractivity (Wildman–Crippen MR) is 155 cm³/mol. The predicted octanol–water partition coefficient (Wildman–Crippen LogP) is 1.07. The van der Waals surface area contributed by atoms with Crippen LogP contribution in [0, 0.1) is 5.92 Å². The van der Waals surface area contributed by atoms with Crippen molar-refractivity contribution in [2.75, 3.05) is 18.4 Å². The Hall–Kier alpha value is -4.26. The molecule has 1 aromatic carbocycles. The van der Waals surface area contributed by atoms with Crippen molar-refractivity contribution >= 4 is 41.3 Å². The van der Waals surface area contributed by atoms with E-state index in [1.807, 2.05) is 13.8 Å². The van der Waals surface area contributed by atoms with E-state index in [-0.39, 0.29) is 56.2 Å². The van der Waals surface area contributed by atoms with Crippen molar-refractivity contribution in [3.63, 3.8) is 0 Å². The van der Waals surface area contributed by atoms with Gasteiger partial charge in [0.2, 0.25) is 17.7 Å². The van der Waals surface area contributed by atoms with Gasteiger partial charge in [-0.25, -0.2) is 4.79 Å². The van der Waals surface area contributed by atoms with Gasteiger partial charge in [0.25, 0.3) is 11.8 Å². The van der Waals surface area contributed by atoms with Gasteiger partial charge in [-0.05, 0) is 49.3 Å². The molecule has 1 unspecified atom stereocenters. The topological polar surface area (TPSA) is 200 Å². The largest absolute Gasteiger partial charge is 0.392 e.